The summed E-state index contributed by atoms with van der Waals surface area (Å²) in [5.41, 5.74) is 1.20. The Hall–Kier alpha value is -1.53. The van der Waals surface area contributed by atoms with Gasteiger partial charge in [-0.15, -0.1) is 0 Å². The van der Waals surface area contributed by atoms with Crippen LogP contribution in [0.2, 0.25) is 0 Å². The van der Waals surface area contributed by atoms with E-state index in [4.69, 9.17) is 21.7 Å². The van der Waals surface area contributed by atoms with Crippen LogP contribution in [0, 0.1) is 0 Å². The molecule has 0 unspecified atom stereocenters. The van der Waals surface area contributed by atoms with E-state index < -0.39 is 0 Å². The molecular weight excluding hydrogens is 298 g/mol. The van der Waals surface area contributed by atoms with E-state index in [-0.39, 0.29) is 0 Å². The van der Waals surface area contributed by atoms with Crippen molar-refractivity contribution in [2.75, 3.05) is 54.0 Å². The van der Waals surface area contributed by atoms with Crippen molar-refractivity contribution in [2.45, 2.75) is 6.42 Å². The van der Waals surface area contributed by atoms with Gasteiger partial charge in [0.2, 0.25) is 0 Å². The highest BCUT2D eigenvalue weighted by atomic mass is 32.1. The summed E-state index contributed by atoms with van der Waals surface area (Å²) in [7, 11) is 5.45. The van der Waals surface area contributed by atoms with Crippen molar-refractivity contribution in [1.29, 1.82) is 0 Å². The molecule has 1 aromatic carbocycles. The van der Waals surface area contributed by atoms with Gasteiger partial charge in [-0.3, -0.25) is 0 Å². The van der Waals surface area contributed by atoms with Crippen molar-refractivity contribution in [2.24, 2.45) is 0 Å². The maximum atomic E-state index is 5.47. The minimum atomic E-state index is 0.757. The number of hydrogen-bond acceptors (Lipinski definition) is 4. The molecule has 1 fully saturated rings. The number of rotatable bonds is 5. The van der Waals surface area contributed by atoms with E-state index in [1.807, 2.05) is 12.1 Å². The Morgan fingerprint density at radius 2 is 1.82 bits per heavy atom. The first kappa shape index (κ1) is 16.8. The van der Waals surface area contributed by atoms with Gasteiger partial charge >= 0.3 is 0 Å². The van der Waals surface area contributed by atoms with E-state index in [2.05, 4.69) is 28.2 Å². The van der Waals surface area contributed by atoms with Crippen molar-refractivity contribution >= 4 is 17.3 Å². The molecule has 22 heavy (non-hydrogen) atoms. The first-order chi connectivity index (χ1) is 10.6. The third kappa shape index (κ3) is 4.48. The summed E-state index contributed by atoms with van der Waals surface area (Å²) in [5, 5.41) is 4.20. The van der Waals surface area contributed by atoms with Crippen LogP contribution in [0.4, 0.5) is 0 Å². The maximum absolute atomic E-state index is 5.47. The van der Waals surface area contributed by atoms with Crippen LogP contribution in [-0.2, 0) is 6.42 Å². The lowest BCUT2D eigenvalue weighted by Crippen LogP contribution is -2.50. The predicted octanol–water partition coefficient (Wildman–Crippen LogP) is 1.37. The number of ether oxygens (including phenoxy) is 2. The van der Waals surface area contributed by atoms with E-state index in [1.165, 1.54) is 5.56 Å². The molecule has 1 aliphatic heterocycles. The third-order valence-electron chi connectivity index (χ3n) is 3.93. The average Bonchev–Trinajstić information content (AvgIpc) is 2.55. The van der Waals surface area contributed by atoms with E-state index >= 15 is 0 Å². The van der Waals surface area contributed by atoms with Crippen LogP contribution >= 0.6 is 12.2 Å². The number of piperazine rings is 1. The fourth-order valence-corrected chi connectivity index (χ4v) is 2.76. The number of methoxy groups -OCH3 is 2. The van der Waals surface area contributed by atoms with E-state index in [1.54, 1.807) is 14.2 Å². The van der Waals surface area contributed by atoms with Crippen molar-refractivity contribution in [3.63, 3.8) is 0 Å². The second kappa shape index (κ2) is 8.19. The largest absolute Gasteiger partial charge is 0.493 e. The molecule has 1 saturated heterocycles. The predicted molar refractivity (Wildman–Crippen MR) is 92.9 cm³/mol. The molecule has 6 heteroatoms. The Labute approximate surface area is 138 Å². The van der Waals surface area contributed by atoms with Gasteiger partial charge in [0.25, 0.3) is 0 Å². The van der Waals surface area contributed by atoms with E-state index in [9.17, 15) is 0 Å². The normalized spacial score (nSPS) is 15.5. The number of likely N-dealkylation sites (N-methyl/N-ethyl adjacent to an activating group) is 1. The van der Waals surface area contributed by atoms with Gasteiger partial charge in [-0.25, -0.2) is 0 Å². The Kier molecular flexibility index (Phi) is 6.27. The molecule has 1 aliphatic rings. The summed E-state index contributed by atoms with van der Waals surface area (Å²) < 4.78 is 10.6. The maximum Gasteiger partial charge on any atom is 0.169 e. The average molecular weight is 323 g/mol. The van der Waals surface area contributed by atoms with Crippen molar-refractivity contribution < 1.29 is 9.47 Å². The minimum absolute atomic E-state index is 0.757. The number of thiocarbonyl (C=S) groups is 1. The second-order valence-electron chi connectivity index (χ2n) is 5.46. The second-order valence-corrected chi connectivity index (χ2v) is 5.85. The molecule has 0 bridgehead atoms. The highest BCUT2D eigenvalue weighted by Gasteiger charge is 2.15. The summed E-state index contributed by atoms with van der Waals surface area (Å²) in [5.74, 6) is 1.52. The van der Waals surface area contributed by atoms with Crippen LogP contribution in [0.5, 0.6) is 11.5 Å². The number of nitrogens with one attached hydrogen (secondary N) is 1. The van der Waals surface area contributed by atoms with Gasteiger partial charge in [0.15, 0.2) is 16.6 Å². The SMILES string of the molecule is COc1ccc(CCNC(=S)N2CCN(C)CC2)cc1OC. The van der Waals surface area contributed by atoms with Crippen molar-refractivity contribution in [3.8, 4) is 11.5 Å². The quantitative estimate of drug-likeness (QED) is 0.825. The first-order valence-electron chi connectivity index (χ1n) is 7.56. The molecule has 0 amide bonds. The highest BCUT2D eigenvalue weighted by Crippen LogP contribution is 2.27. The first-order valence-corrected chi connectivity index (χ1v) is 7.97. The zero-order valence-corrected chi connectivity index (χ0v) is 14.4. The van der Waals surface area contributed by atoms with Crippen molar-refractivity contribution in [1.82, 2.24) is 15.1 Å². The molecule has 0 aliphatic carbocycles. The summed E-state index contributed by atoms with van der Waals surface area (Å²) in [6, 6.07) is 6.01. The molecule has 0 radical (unpaired) electrons. The Morgan fingerprint density at radius 3 is 2.45 bits per heavy atom. The van der Waals surface area contributed by atoms with Crippen LogP contribution in [0.25, 0.3) is 0 Å². The van der Waals surface area contributed by atoms with Crippen LogP contribution in [0.3, 0.4) is 0 Å². The molecule has 0 atom stereocenters. The standard InChI is InChI=1S/C16H25N3O2S/c1-18-8-10-19(11-9-18)16(22)17-7-6-13-4-5-14(20-2)15(12-13)21-3/h4-5,12H,6-11H2,1-3H3,(H,17,22). The Bertz CT molecular complexity index is 502. The van der Waals surface area contributed by atoms with Crippen LogP contribution in [-0.4, -0.2) is 68.9 Å². The van der Waals surface area contributed by atoms with E-state index in [0.29, 0.717) is 0 Å². The lowest BCUT2D eigenvalue weighted by Gasteiger charge is -2.34. The van der Waals surface area contributed by atoms with Crippen LogP contribution in [0.15, 0.2) is 18.2 Å². The highest BCUT2D eigenvalue weighted by molar-refractivity contribution is 7.80. The number of hydrogen-bond donors (Lipinski definition) is 1. The monoisotopic (exact) mass is 323 g/mol. The lowest BCUT2D eigenvalue weighted by molar-refractivity contribution is 0.214. The molecule has 0 saturated carbocycles. The third-order valence-corrected chi connectivity index (χ3v) is 4.33. The molecule has 0 spiro atoms. The number of benzene rings is 1. The van der Waals surface area contributed by atoms with E-state index in [0.717, 1.165) is 55.8 Å². The fourth-order valence-electron chi connectivity index (χ4n) is 2.47. The summed E-state index contributed by atoms with van der Waals surface area (Å²) in [6.45, 7) is 4.95. The van der Waals surface area contributed by atoms with Gasteiger partial charge in [-0.1, -0.05) is 6.07 Å². The van der Waals surface area contributed by atoms with Crippen molar-refractivity contribution in [3.05, 3.63) is 23.8 Å². The Morgan fingerprint density at radius 1 is 1.14 bits per heavy atom. The molecule has 1 heterocycles. The summed E-state index contributed by atoms with van der Waals surface area (Å²) >= 11 is 5.47. The van der Waals surface area contributed by atoms with Gasteiger partial charge in [0, 0.05) is 32.7 Å². The molecule has 5 nitrogen and oxygen atoms in total. The smallest absolute Gasteiger partial charge is 0.169 e. The molecular formula is C16H25N3O2S. The molecule has 0 aromatic heterocycles. The topological polar surface area (TPSA) is 37.0 Å². The molecule has 2 rings (SSSR count). The van der Waals surface area contributed by atoms with Crippen LogP contribution in [0.1, 0.15) is 5.56 Å². The number of nitrogens with zero attached hydrogens (tertiary/aromatic N) is 2. The van der Waals surface area contributed by atoms with Gasteiger partial charge in [0.05, 0.1) is 14.2 Å². The van der Waals surface area contributed by atoms with Gasteiger partial charge in [0.1, 0.15) is 0 Å². The summed E-state index contributed by atoms with van der Waals surface area (Å²) in [4.78, 5) is 4.56. The van der Waals surface area contributed by atoms with Gasteiger partial charge in [-0.2, -0.15) is 0 Å². The van der Waals surface area contributed by atoms with Crippen LogP contribution < -0.4 is 14.8 Å². The Balaban J connectivity index is 1.79. The zero-order valence-electron chi connectivity index (χ0n) is 13.6. The fraction of sp³-hybridized carbons (Fsp3) is 0.562. The van der Waals surface area contributed by atoms with Gasteiger partial charge < -0.3 is 24.6 Å². The molecule has 122 valence electrons. The molecule has 1 N–H and O–H groups in total. The van der Waals surface area contributed by atoms with Gasteiger partial charge in [-0.05, 0) is 43.4 Å². The molecule has 1 aromatic rings. The zero-order chi connectivity index (χ0) is 15.9. The summed E-state index contributed by atoms with van der Waals surface area (Å²) in [6.07, 6.45) is 0.897. The minimum Gasteiger partial charge on any atom is -0.493 e. The lowest BCUT2D eigenvalue weighted by atomic mass is 10.1.